The minimum absolute atomic E-state index is 0.0590. The molecule has 1 aliphatic rings. The van der Waals surface area contributed by atoms with Gasteiger partial charge in [0.25, 0.3) is 0 Å². The van der Waals surface area contributed by atoms with Gasteiger partial charge in [0.1, 0.15) is 6.54 Å². The van der Waals surface area contributed by atoms with Crippen LogP contribution in [0.4, 0.5) is 19.0 Å². The molecule has 1 fully saturated rings. The van der Waals surface area contributed by atoms with E-state index in [4.69, 9.17) is 23.2 Å². The van der Waals surface area contributed by atoms with E-state index in [1.165, 1.54) is 4.68 Å². The first-order valence-corrected chi connectivity index (χ1v) is 14.6. The van der Waals surface area contributed by atoms with Crippen molar-refractivity contribution in [1.82, 2.24) is 14.1 Å². The topological polar surface area (TPSA) is 95.7 Å². The lowest BCUT2D eigenvalue weighted by Crippen LogP contribution is -2.52. The lowest BCUT2D eigenvalue weighted by atomic mass is 9.85. The van der Waals surface area contributed by atoms with E-state index >= 15 is 0 Å². The van der Waals surface area contributed by atoms with Crippen LogP contribution in [0.1, 0.15) is 22.6 Å². The van der Waals surface area contributed by atoms with Crippen LogP contribution in [0.3, 0.4) is 0 Å². The molecular weight excluding hydrogens is 604 g/mol. The summed E-state index contributed by atoms with van der Waals surface area (Å²) < 4.78 is 64.8. The summed E-state index contributed by atoms with van der Waals surface area (Å²) in [5.74, 6) is -1.03. The van der Waals surface area contributed by atoms with E-state index in [0.717, 1.165) is 16.7 Å². The minimum atomic E-state index is -5.46. The zero-order chi connectivity index (χ0) is 29.5. The molecule has 5 rings (SSSR count). The van der Waals surface area contributed by atoms with Crippen LogP contribution in [0.25, 0.3) is 10.9 Å². The van der Waals surface area contributed by atoms with Crippen LogP contribution in [0.5, 0.6) is 0 Å². The number of hydrogen-bond acceptors (Lipinski definition) is 5. The molecule has 1 N–H and O–H groups in total. The zero-order valence-electron chi connectivity index (χ0n) is 21.2. The van der Waals surface area contributed by atoms with Gasteiger partial charge in [-0.2, -0.15) is 22.6 Å². The Bertz CT molecular complexity index is 1640. The first-order valence-electron chi connectivity index (χ1n) is 12.4. The van der Waals surface area contributed by atoms with E-state index < -0.39 is 41.1 Å². The van der Waals surface area contributed by atoms with Crippen molar-refractivity contribution in [2.75, 3.05) is 31.1 Å². The molecule has 8 nitrogen and oxygen atoms in total. The molecule has 14 heteroatoms. The van der Waals surface area contributed by atoms with E-state index in [2.05, 4.69) is 5.10 Å². The molecule has 0 unspecified atom stereocenters. The van der Waals surface area contributed by atoms with Crippen LogP contribution < -0.4 is 4.90 Å². The van der Waals surface area contributed by atoms with Crippen molar-refractivity contribution < 1.29 is 31.5 Å². The van der Waals surface area contributed by atoms with Crippen molar-refractivity contribution in [3.8, 4) is 0 Å². The van der Waals surface area contributed by atoms with Gasteiger partial charge in [0.05, 0.1) is 5.52 Å². The highest BCUT2D eigenvalue weighted by Gasteiger charge is 2.50. The Balaban J connectivity index is 1.58. The predicted molar refractivity (Wildman–Crippen MR) is 150 cm³/mol. The molecule has 0 radical (unpaired) electrons. The number of rotatable bonds is 7. The Morgan fingerprint density at radius 1 is 0.878 bits per heavy atom. The maximum absolute atomic E-state index is 13.1. The minimum Gasteiger partial charge on any atom is -0.480 e. The first kappa shape index (κ1) is 29.2. The molecule has 0 atom stereocenters. The van der Waals surface area contributed by atoms with Gasteiger partial charge in [-0.05, 0) is 53.1 Å². The molecule has 216 valence electrons. The number of carboxylic acids is 1. The number of piperazine rings is 1. The number of nitrogens with zero attached hydrogens (tertiary/aromatic N) is 4. The molecule has 0 aliphatic carbocycles. The number of carboxylic acid groups (broad SMARTS) is 1. The number of halogens is 5. The highest BCUT2D eigenvalue weighted by Crippen LogP contribution is 2.37. The quantitative estimate of drug-likeness (QED) is 0.269. The van der Waals surface area contributed by atoms with Gasteiger partial charge in [-0.15, -0.1) is 0 Å². The second-order valence-corrected chi connectivity index (χ2v) is 12.3. The number of carbonyl (C=O) groups is 1. The van der Waals surface area contributed by atoms with Crippen LogP contribution in [-0.4, -0.2) is 65.3 Å². The molecule has 0 amide bonds. The van der Waals surface area contributed by atoms with Crippen LogP contribution in [0.2, 0.25) is 10.0 Å². The van der Waals surface area contributed by atoms with E-state index in [-0.39, 0.29) is 19.0 Å². The fourth-order valence-electron chi connectivity index (χ4n) is 5.02. The average Bonchev–Trinajstić information content (AvgIpc) is 3.27. The van der Waals surface area contributed by atoms with Gasteiger partial charge in [-0.3, -0.25) is 9.48 Å². The van der Waals surface area contributed by atoms with Crippen molar-refractivity contribution in [2.24, 2.45) is 0 Å². The maximum atomic E-state index is 13.1. The summed E-state index contributed by atoms with van der Waals surface area (Å²) in [6.45, 7) is -1.34. The molecule has 2 heterocycles. The number of alkyl halides is 3. The largest absolute Gasteiger partial charge is 0.511 e. The maximum Gasteiger partial charge on any atom is 0.511 e. The molecule has 4 aromatic rings. The van der Waals surface area contributed by atoms with E-state index in [1.54, 1.807) is 35.2 Å². The molecule has 0 saturated carbocycles. The van der Waals surface area contributed by atoms with Gasteiger partial charge in [0, 0.05) is 47.5 Å². The number of anilines is 1. The van der Waals surface area contributed by atoms with Crippen molar-refractivity contribution in [2.45, 2.75) is 18.0 Å². The average molecular weight is 627 g/mol. The van der Waals surface area contributed by atoms with Crippen LogP contribution in [-0.2, 0) is 21.4 Å². The standard InChI is InChI=1S/C27H23Cl2F3N4O4S/c28-20-6-1-17(2-7-20)25(18-3-8-21(29)9-4-18)19-5-10-23-22(15-19)26(33-36(23)16-24(37)38)34-11-13-35(14-12-34)41(39,40)27(30,31)32/h1-10,15,25H,11-14,16H2,(H,37,38). The third-order valence-electron chi connectivity index (χ3n) is 6.95. The van der Waals surface area contributed by atoms with Crippen LogP contribution >= 0.6 is 23.2 Å². The summed E-state index contributed by atoms with van der Waals surface area (Å²) in [6.07, 6.45) is 0. The number of sulfonamides is 1. The summed E-state index contributed by atoms with van der Waals surface area (Å²) in [7, 11) is -5.46. The summed E-state index contributed by atoms with van der Waals surface area (Å²) >= 11 is 12.3. The Morgan fingerprint density at radius 3 is 1.88 bits per heavy atom. The van der Waals surface area contributed by atoms with Crippen molar-refractivity contribution in [3.63, 3.8) is 0 Å². The number of fused-ring (bicyclic) bond motifs is 1. The second kappa shape index (κ2) is 11.2. The lowest BCUT2D eigenvalue weighted by Gasteiger charge is -2.34. The summed E-state index contributed by atoms with van der Waals surface area (Å²) in [4.78, 5) is 13.2. The Morgan fingerprint density at radius 2 is 1.39 bits per heavy atom. The molecule has 0 bridgehead atoms. The van der Waals surface area contributed by atoms with Crippen molar-refractivity contribution in [1.29, 1.82) is 0 Å². The Kier molecular flexibility index (Phi) is 7.94. The van der Waals surface area contributed by atoms with Gasteiger partial charge >= 0.3 is 21.5 Å². The number of benzene rings is 3. The molecule has 1 saturated heterocycles. The van der Waals surface area contributed by atoms with E-state index in [9.17, 15) is 31.5 Å². The third kappa shape index (κ3) is 5.87. The van der Waals surface area contributed by atoms with E-state index in [1.807, 2.05) is 36.4 Å². The lowest BCUT2D eigenvalue weighted by molar-refractivity contribution is -0.137. The third-order valence-corrected chi connectivity index (χ3v) is 9.08. The van der Waals surface area contributed by atoms with Gasteiger partial charge in [-0.25, -0.2) is 8.42 Å². The van der Waals surface area contributed by atoms with Gasteiger partial charge in [-0.1, -0.05) is 53.5 Å². The first-order chi connectivity index (χ1) is 19.3. The van der Waals surface area contributed by atoms with Crippen LogP contribution in [0, 0.1) is 0 Å². The molecular formula is C27H23Cl2F3N4O4S. The number of hydrogen-bond donors (Lipinski definition) is 1. The monoisotopic (exact) mass is 626 g/mol. The summed E-state index contributed by atoms with van der Waals surface area (Å²) in [5, 5.41) is 15.7. The fraction of sp³-hybridized carbons (Fsp3) is 0.259. The summed E-state index contributed by atoms with van der Waals surface area (Å²) in [6, 6.07) is 20.2. The zero-order valence-corrected chi connectivity index (χ0v) is 23.6. The number of aromatic nitrogens is 2. The molecule has 1 aromatic heterocycles. The highest BCUT2D eigenvalue weighted by atomic mass is 35.5. The normalized spacial score (nSPS) is 15.1. The Hall–Kier alpha value is -3.32. The highest BCUT2D eigenvalue weighted by molar-refractivity contribution is 7.90. The van der Waals surface area contributed by atoms with Crippen LogP contribution in [0.15, 0.2) is 66.7 Å². The van der Waals surface area contributed by atoms with Gasteiger partial charge in [0.2, 0.25) is 0 Å². The molecule has 41 heavy (non-hydrogen) atoms. The SMILES string of the molecule is O=C(O)Cn1nc(N2CCN(S(=O)(=O)C(F)(F)F)CC2)c2cc(C(c3ccc(Cl)cc3)c3ccc(Cl)cc3)ccc21. The second-order valence-electron chi connectivity index (χ2n) is 9.52. The van der Waals surface area contributed by atoms with E-state index in [0.29, 0.717) is 31.1 Å². The Labute approximate surface area is 243 Å². The number of aliphatic carboxylic acids is 1. The molecule has 0 spiro atoms. The predicted octanol–water partition coefficient (Wildman–Crippen LogP) is 5.58. The smallest absolute Gasteiger partial charge is 0.480 e. The fourth-order valence-corrected chi connectivity index (χ4v) is 6.20. The van der Waals surface area contributed by atoms with Gasteiger partial charge in [0.15, 0.2) is 5.82 Å². The van der Waals surface area contributed by atoms with Crippen molar-refractivity contribution >= 4 is 55.9 Å². The molecule has 3 aromatic carbocycles. The molecule has 1 aliphatic heterocycles. The summed E-state index contributed by atoms with van der Waals surface area (Å²) in [5.41, 5.74) is -2.17. The van der Waals surface area contributed by atoms with Gasteiger partial charge < -0.3 is 10.0 Å². The van der Waals surface area contributed by atoms with Crippen molar-refractivity contribution in [3.05, 3.63) is 93.5 Å².